The third kappa shape index (κ3) is 4.83. The third-order valence-corrected chi connectivity index (χ3v) is 14.0. The van der Waals surface area contributed by atoms with E-state index < -0.39 is 0 Å². The number of pyridine rings is 1. The SMILES string of the molecule is C=Cc1oc2c(ccc3c4ccccc4n(-c4ccc5c6ccccc6c6ccc(-c7ccc8c(c7)c7cccc9c%10ccc(-c%11ccccc%11)cc%10c(=O)n8c97)cc6c5c4)c32)c1C=C. The first kappa shape index (κ1) is 35.8. The number of rotatable bonds is 5. The number of benzene rings is 10. The first-order valence-electron chi connectivity index (χ1n) is 22.0. The minimum absolute atomic E-state index is 0.00223. The summed E-state index contributed by atoms with van der Waals surface area (Å²) in [5.41, 5.74) is 11.1. The molecule has 0 aliphatic heterocycles. The molecule has 0 saturated heterocycles. The Morgan fingerprint density at radius 1 is 0.385 bits per heavy atom. The van der Waals surface area contributed by atoms with Crippen molar-refractivity contribution >= 4 is 115 Å². The molecule has 4 aromatic heterocycles. The summed E-state index contributed by atoms with van der Waals surface area (Å²) < 4.78 is 10.9. The van der Waals surface area contributed by atoms with Gasteiger partial charge in [-0.15, -0.1) is 0 Å². The van der Waals surface area contributed by atoms with Gasteiger partial charge in [0.2, 0.25) is 0 Å². The lowest BCUT2D eigenvalue weighted by Gasteiger charge is -2.15. The fraction of sp³-hybridized carbons (Fsp3) is 0. The largest absolute Gasteiger partial charge is 0.454 e. The molecule has 0 spiro atoms. The minimum atomic E-state index is 0.00223. The van der Waals surface area contributed by atoms with Crippen LogP contribution in [0.3, 0.4) is 0 Å². The lowest BCUT2D eigenvalue weighted by Crippen LogP contribution is -2.12. The van der Waals surface area contributed by atoms with Crippen molar-refractivity contribution in [3.63, 3.8) is 0 Å². The molecule has 0 saturated carbocycles. The van der Waals surface area contributed by atoms with Gasteiger partial charge in [-0.2, -0.15) is 0 Å². The van der Waals surface area contributed by atoms with Crippen molar-refractivity contribution in [1.29, 1.82) is 0 Å². The summed E-state index contributed by atoms with van der Waals surface area (Å²) in [5.74, 6) is 0.716. The van der Waals surface area contributed by atoms with E-state index in [1.807, 2.05) is 28.7 Å². The van der Waals surface area contributed by atoms with Gasteiger partial charge in [0.1, 0.15) is 5.76 Å². The Balaban J connectivity index is 1.01. The molecule has 14 aromatic rings. The van der Waals surface area contributed by atoms with Crippen LogP contribution in [-0.2, 0) is 0 Å². The molecule has 0 bridgehead atoms. The molecule has 0 radical (unpaired) electrons. The van der Waals surface area contributed by atoms with Gasteiger partial charge in [0.25, 0.3) is 5.56 Å². The number of hydrogen-bond donors (Lipinski definition) is 0. The van der Waals surface area contributed by atoms with Crippen LogP contribution in [-0.4, -0.2) is 8.97 Å². The van der Waals surface area contributed by atoms with E-state index in [0.717, 1.165) is 104 Å². The first-order valence-corrected chi connectivity index (χ1v) is 22.0. The molecule has 4 nitrogen and oxygen atoms in total. The van der Waals surface area contributed by atoms with Crippen LogP contribution in [0.5, 0.6) is 0 Å². The average molecular weight is 829 g/mol. The van der Waals surface area contributed by atoms with Crippen molar-refractivity contribution in [3.8, 4) is 27.9 Å². The van der Waals surface area contributed by atoms with Crippen molar-refractivity contribution in [2.75, 3.05) is 0 Å². The molecule has 0 N–H and O–H groups in total. The van der Waals surface area contributed by atoms with Crippen molar-refractivity contribution < 1.29 is 4.42 Å². The number of furan rings is 1. The predicted octanol–water partition coefficient (Wildman–Crippen LogP) is 16.1. The maximum Gasteiger partial charge on any atom is 0.263 e. The zero-order valence-corrected chi connectivity index (χ0v) is 35.1. The van der Waals surface area contributed by atoms with Crippen LogP contribution in [0.25, 0.3) is 143 Å². The number of hydrogen-bond acceptors (Lipinski definition) is 2. The Labute approximate surface area is 371 Å². The summed E-state index contributed by atoms with van der Waals surface area (Å²) in [6, 6.07) is 65.0. The van der Waals surface area contributed by atoms with E-state index in [0.29, 0.717) is 5.76 Å². The maximum atomic E-state index is 14.6. The predicted molar refractivity (Wildman–Crippen MR) is 275 cm³/mol. The smallest absolute Gasteiger partial charge is 0.263 e. The zero-order valence-electron chi connectivity index (χ0n) is 35.1. The summed E-state index contributed by atoms with van der Waals surface area (Å²) in [5, 5.41) is 15.4. The van der Waals surface area contributed by atoms with Gasteiger partial charge in [-0.25, -0.2) is 0 Å². The highest BCUT2D eigenvalue weighted by atomic mass is 16.3. The molecule has 302 valence electrons. The Bertz CT molecular complexity index is 4470. The summed E-state index contributed by atoms with van der Waals surface area (Å²) in [6.07, 6.45) is 3.63. The number of nitrogens with zero attached hydrogens (tertiary/aromatic N) is 2. The molecular formula is C61H36N2O2. The number of para-hydroxylation sites is 2. The Morgan fingerprint density at radius 2 is 0.923 bits per heavy atom. The van der Waals surface area contributed by atoms with E-state index in [1.165, 1.54) is 32.3 Å². The fourth-order valence-electron chi connectivity index (χ4n) is 11.1. The van der Waals surface area contributed by atoms with Gasteiger partial charge in [0, 0.05) is 49.0 Å². The Kier molecular flexibility index (Phi) is 7.25. The van der Waals surface area contributed by atoms with Gasteiger partial charge in [-0.3, -0.25) is 9.20 Å². The highest BCUT2D eigenvalue weighted by molar-refractivity contribution is 6.27. The summed E-state index contributed by atoms with van der Waals surface area (Å²) in [6.45, 7) is 8.17. The van der Waals surface area contributed by atoms with E-state index in [9.17, 15) is 4.79 Å². The van der Waals surface area contributed by atoms with Gasteiger partial charge < -0.3 is 8.98 Å². The molecule has 4 heterocycles. The molecule has 0 amide bonds. The van der Waals surface area contributed by atoms with Crippen LogP contribution < -0.4 is 5.56 Å². The fourth-order valence-corrected chi connectivity index (χ4v) is 11.1. The highest BCUT2D eigenvalue weighted by Crippen LogP contribution is 2.44. The van der Waals surface area contributed by atoms with Crippen LogP contribution in [0, 0.1) is 0 Å². The molecule has 4 heteroatoms. The van der Waals surface area contributed by atoms with Gasteiger partial charge in [0.15, 0.2) is 5.58 Å². The van der Waals surface area contributed by atoms with Crippen molar-refractivity contribution in [2.24, 2.45) is 0 Å². The number of fused-ring (bicyclic) bond motifs is 16. The molecule has 0 unspecified atom stereocenters. The zero-order chi connectivity index (χ0) is 43.1. The van der Waals surface area contributed by atoms with Crippen LogP contribution >= 0.6 is 0 Å². The van der Waals surface area contributed by atoms with E-state index >= 15 is 0 Å². The highest BCUT2D eigenvalue weighted by Gasteiger charge is 2.22. The second kappa shape index (κ2) is 13.1. The second-order valence-corrected chi connectivity index (χ2v) is 17.2. The van der Waals surface area contributed by atoms with Crippen molar-refractivity contribution in [2.45, 2.75) is 0 Å². The molecular weight excluding hydrogens is 793 g/mol. The van der Waals surface area contributed by atoms with E-state index in [2.05, 4.69) is 182 Å². The monoisotopic (exact) mass is 828 g/mol. The second-order valence-electron chi connectivity index (χ2n) is 17.2. The molecule has 0 aliphatic rings. The van der Waals surface area contributed by atoms with Crippen molar-refractivity contribution in [3.05, 3.63) is 217 Å². The van der Waals surface area contributed by atoms with E-state index in [-0.39, 0.29) is 5.56 Å². The van der Waals surface area contributed by atoms with Crippen molar-refractivity contribution in [1.82, 2.24) is 8.97 Å². The molecule has 65 heavy (non-hydrogen) atoms. The molecule has 14 rings (SSSR count). The standard InChI is InChI=1S/C61H36N2O2/c1-3-40-50-29-28-49-46-17-10-11-20-55(46)62(59(49)60(50)65-57(40)4-2)39-24-27-44-42-16-9-8-15-41(42)43-25-22-37(31-51(43)52(44)34-39)38-23-30-56-53(32-38)48-19-12-18-47-45-26-21-36(35-13-6-5-7-14-35)33-54(45)61(64)63(56)58(47)48/h3-34H,1-2H2. The Hall–Kier alpha value is -8.73. The lowest BCUT2D eigenvalue weighted by atomic mass is 9.91. The molecule has 0 aliphatic carbocycles. The summed E-state index contributed by atoms with van der Waals surface area (Å²) >= 11 is 0. The van der Waals surface area contributed by atoms with Gasteiger partial charge in [-0.05, 0) is 115 Å². The summed E-state index contributed by atoms with van der Waals surface area (Å²) in [7, 11) is 0. The average Bonchev–Trinajstić information content (AvgIpc) is 4.03. The molecule has 0 fully saturated rings. The lowest BCUT2D eigenvalue weighted by molar-refractivity contribution is 0.605. The van der Waals surface area contributed by atoms with Gasteiger partial charge in [0.05, 0.1) is 22.1 Å². The topological polar surface area (TPSA) is 39.5 Å². The van der Waals surface area contributed by atoms with E-state index in [1.54, 1.807) is 6.08 Å². The third-order valence-electron chi connectivity index (χ3n) is 14.0. The molecule has 10 aromatic carbocycles. The minimum Gasteiger partial charge on any atom is -0.454 e. The Morgan fingerprint density at radius 3 is 1.68 bits per heavy atom. The van der Waals surface area contributed by atoms with E-state index in [4.69, 9.17) is 4.42 Å². The molecule has 0 atom stereocenters. The van der Waals surface area contributed by atoms with Crippen LogP contribution in [0.15, 0.2) is 204 Å². The normalized spacial score (nSPS) is 12.2. The summed E-state index contributed by atoms with van der Waals surface area (Å²) in [4.78, 5) is 14.6. The van der Waals surface area contributed by atoms with Crippen LogP contribution in [0.2, 0.25) is 0 Å². The quantitative estimate of drug-likeness (QED) is 0.162. The number of aromatic nitrogens is 2. The maximum absolute atomic E-state index is 14.6. The van der Waals surface area contributed by atoms with Crippen LogP contribution in [0.4, 0.5) is 0 Å². The van der Waals surface area contributed by atoms with Gasteiger partial charge in [-0.1, -0.05) is 153 Å². The van der Waals surface area contributed by atoms with Gasteiger partial charge >= 0.3 is 0 Å². The first-order chi connectivity index (χ1) is 32.1. The van der Waals surface area contributed by atoms with Crippen LogP contribution in [0.1, 0.15) is 11.3 Å².